The van der Waals surface area contributed by atoms with E-state index in [1.807, 2.05) is 0 Å². The Balaban J connectivity index is 1.41. The van der Waals surface area contributed by atoms with Crippen molar-refractivity contribution < 1.29 is 9.59 Å². The maximum atomic E-state index is 11.8. The average Bonchev–Trinajstić information content (AvgIpc) is 2.70. The van der Waals surface area contributed by atoms with Gasteiger partial charge in [0.2, 0.25) is 0 Å². The zero-order valence-electron chi connectivity index (χ0n) is 15.0. The second-order valence-electron chi connectivity index (χ2n) is 6.10. The molecule has 2 N–H and O–H groups in total. The molecule has 0 aromatic carbocycles. The van der Waals surface area contributed by atoms with Crippen molar-refractivity contribution in [3.8, 4) is 0 Å². The number of nitrogens with zero attached hydrogens (tertiary/aromatic N) is 2. The summed E-state index contributed by atoms with van der Waals surface area (Å²) in [5.41, 5.74) is 1.29. The third-order valence-electron chi connectivity index (χ3n) is 4.06. The van der Waals surface area contributed by atoms with Crippen LogP contribution in [0.1, 0.15) is 59.2 Å². The summed E-state index contributed by atoms with van der Waals surface area (Å²) in [6.45, 7) is 1.40. The number of hydrogen-bond acceptors (Lipinski definition) is 4. The van der Waals surface area contributed by atoms with Gasteiger partial charge >= 0.3 is 0 Å². The second-order valence-corrected chi connectivity index (χ2v) is 6.10. The molecule has 2 rings (SSSR count). The molecule has 2 aromatic heterocycles. The lowest BCUT2D eigenvalue weighted by Gasteiger charge is -2.06. The normalized spacial score (nSPS) is 10.3. The van der Waals surface area contributed by atoms with Gasteiger partial charge in [0.15, 0.2) is 0 Å². The summed E-state index contributed by atoms with van der Waals surface area (Å²) in [6, 6.07) is 6.84. The molecule has 0 aliphatic heterocycles. The third kappa shape index (κ3) is 7.42. The Morgan fingerprint density at radius 2 is 0.962 bits per heavy atom. The van der Waals surface area contributed by atoms with Crippen LogP contribution in [0.2, 0.25) is 0 Å². The number of pyridine rings is 2. The van der Waals surface area contributed by atoms with Crippen molar-refractivity contribution in [3.63, 3.8) is 0 Å². The molecule has 0 fully saturated rings. The van der Waals surface area contributed by atoms with E-state index in [0.717, 1.165) is 38.5 Å². The first-order valence-electron chi connectivity index (χ1n) is 9.14. The Hall–Kier alpha value is -2.76. The summed E-state index contributed by atoms with van der Waals surface area (Å²) in [5.74, 6) is -0.0883. The van der Waals surface area contributed by atoms with Crippen LogP contribution in [0.3, 0.4) is 0 Å². The number of nitrogens with one attached hydrogen (secondary N) is 2. The molecule has 2 amide bonds. The van der Waals surface area contributed by atoms with Crippen molar-refractivity contribution in [1.82, 2.24) is 20.6 Å². The van der Waals surface area contributed by atoms with E-state index in [0.29, 0.717) is 24.2 Å². The van der Waals surface area contributed by atoms with Crippen molar-refractivity contribution in [3.05, 3.63) is 60.2 Å². The second kappa shape index (κ2) is 11.7. The Kier molecular flexibility index (Phi) is 8.83. The number of aromatic nitrogens is 2. The van der Waals surface area contributed by atoms with Crippen LogP contribution in [-0.4, -0.2) is 34.9 Å². The van der Waals surface area contributed by atoms with Gasteiger partial charge in [0.05, 0.1) is 0 Å². The minimum Gasteiger partial charge on any atom is -0.352 e. The maximum absolute atomic E-state index is 11.8. The Labute approximate surface area is 154 Å². The lowest BCUT2D eigenvalue weighted by atomic mass is 10.1. The van der Waals surface area contributed by atoms with Crippen LogP contribution in [0.4, 0.5) is 0 Å². The van der Waals surface area contributed by atoms with Crippen LogP contribution < -0.4 is 10.6 Å². The highest BCUT2D eigenvalue weighted by atomic mass is 16.2. The van der Waals surface area contributed by atoms with E-state index in [2.05, 4.69) is 20.6 Å². The smallest absolute Gasteiger partial charge is 0.251 e. The predicted molar refractivity (Wildman–Crippen MR) is 101 cm³/mol. The quantitative estimate of drug-likeness (QED) is 0.608. The summed E-state index contributed by atoms with van der Waals surface area (Å²) in [4.78, 5) is 31.5. The molecule has 0 unspecified atom stereocenters. The van der Waals surface area contributed by atoms with Gasteiger partial charge in [-0.1, -0.05) is 25.7 Å². The number of rotatable bonds is 11. The summed E-state index contributed by atoms with van der Waals surface area (Å²) in [5, 5.41) is 5.84. The fraction of sp³-hybridized carbons (Fsp3) is 0.400. The first-order chi connectivity index (χ1) is 12.8. The Bertz CT molecular complexity index is 603. The molecule has 0 saturated heterocycles. The third-order valence-corrected chi connectivity index (χ3v) is 4.06. The lowest BCUT2D eigenvalue weighted by molar-refractivity contribution is 0.0944. The molecule has 0 aliphatic rings. The van der Waals surface area contributed by atoms with Crippen molar-refractivity contribution in [2.75, 3.05) is 13.1 Å². The number of unbranched alkanes of at least 4 members (excludes halogenated alkanes) is 5. The summed E-state index contributed by atoms with van der Waals surface area (Å²) in [7, 11) is 0. The van der Waals surface area contributed by atoms with Crippen LogP contribution in [-0.2, 0) is 0 Å². The predicted octanol–water partition coefficient (Wildman–Crippen LogP) is 2.98. The highest BCUT2D eigenvalue weighted by Gasteiger charge is 2.04. The molecule has 26 heavy (non-hydrogen) atoms. The maximum Gasteiger partial charge on any atom is 0.251 e. The molecule has 2 aromatic rings. The van der Waals surface area contributed by atoms with Gasteiger partial charge in [-0.25, -0.2) is 0 Å². The fourth-order valence-electron chi connectivity index (χ4n) is 2.57. The van der Waals surface area contributed by atoms with Crippen LogP contribution >= 0.6 is 0 Å². The molecule has 138 valence electrons. The standard InChI is InChI=1S/C20H26N4O2/c25-19(17-7-13-21-14-8-17)23-11-5-3-1-2-4-6-12-24-20(26)18-9-15-22-16-10-18/h7-10,13-16H,1-6,11-12H2,(H,23,25)(H,24,26). The number of carbonyl (C=O) groups is 2. The van der Waals surface area contributed by atoms with E-state index in [1.54, 1.807) is 49.1 Å². The molecule has 0 spiro atoms. The van der Waals surface area contributed by atoms with Crippen molar-refractivity contribution in [1.29, 1.82) is 0 Å². The molecule has 6 nitrogen and oxygen atoms in total. The van der Waals surface area contributed by atoms with Crippen LogP contribution in [0.25, 0.3) is 0 Å². The first kappa shape index (κ1) is 19.6. The molecule has 0 bridgehead atoms. The van der Waals surface area contributed by atoms with Crippen molar-refractivity contribution in [2.45, 2.75) is 38.5 Å². The molecule has 0 saturated carbocycles. The van der Waals surface area contributed by atoms with Crippen LogP contribution in [0, 0.1) is 0 Å². The molecular weight excluding hydrogens is 328 g/mol. The van der Waals surface area contributed by atoms with E-state index in [9.17, 15) is 9.59 Å². The summed E-state index contributed by atoms with van der Waals surface area (Å²) >= 11 is 0. The highest BCUT2D eigenvalue weighted by molar-refractivity contribution is 5.94. The zero-order chi connectivity index (χ0) is 18.5. The molecule has 2 heterocycles. The molecule has 6 heteroatoms. The molecule has 0 atom stereocenters. The van der Waals surface area contributed by atoms with Gasteiger partial charge in [0, 0.05) is 49.0 Å². The van der Waals surface area contributed by atoms with Crippen molar-refractivity contribution >= 4 is 11.8 Å². The van der Waals surface area contributed by atoms with E-state index in [-0.39, 0.29) is 11.8 Å². The lowest BCUT2D eigenvalue weighted by Crippen LogP contribution is -2.24. The Morgan fingerprint density at radius 3 is 1.35 bits per heavy atom. The minimum absolute atomic E-state index is 0.0441. The monoisotopic (exact) mass is 354 g/mol. The van der Waals surface area contributed by atoms with Crippen LogP contribution in [0.5, 0.6) is 0 Å². The van der Waals surface area contributed by atoms with Gasteiger partial charge in [0.25, 0.3) is 11.8 Å². The van der Waals surface area contributed by atoms with E-state index in [4.69, 9.17) is 0 Å². The van der Waals surface area contributed by atoms with Crippen LogP contribution in [0.15, 0.2) is 49.1 Å². The number of hydrogen-bond donors (Lipinski definition) is 2. The Morgan fingerprint density at radius 1 is 0.615 bits per heavy atom. The highest BCUT2D eigenvalue weighted by Crippen LogP contribution is 2.05. The van der Waals surface area contributed by atoms with Gasteiger partial charge in [-0.05, 0) is 37.1 Å². The fourth-order valence-corrected chi connectivity index (χ4v) is 2.57. The van der Waals surface area contributed by atoms with E-state index in [1.165, 1.54) is 0 Å². The number of amides is 2. The van der Waals surface area contributed by atoms with E-state index >= 15 is 0 Å². The number of carbonyl (C=O) groups excluding carboxylic acids is 2. The first-order valence-corrected chi connectivity index (χ1v) is 9.14. The van der Waals surface area contributed by atoms with Gasteiger partial charge in [-0.3, -0.25) is 19.6 Å². The largest absolute Gasteiger partial charge is 0.352 e. The average molecular weight is 354 g/mol. The molecule has 0 aliphatic carbocycles. The molecular formula is C20H26N4O2. The van der Waals surface area contributed by atoms with E-state index < -0.39 is 0 Å². The summed E-state index contributed by atoms with van der Waals surface area (Å²) < 4.78 is 0. The van der Waals surface area contributed by atoms with Crippen molar-refractivity contribution in [2.24, 2.45) is 0 Å². The SMILES string of the molecule is O=C(NCCCCCCCCNC(=O)c1ccncc1)c1ccncc1. The van der Waals surface area contributed by atoms with Gasteiger partial charge in [-0.15, -0.1) is 0 Å². The van der Waals surface area contributed by atoms with Gasteiger partial charge in [-0.2, -0.15) is 0 Å². The van der Waals surface area contributed by atoms with Gasteiger partial charge in [0.1, 0.15) is 0 Å². The molecule has 0 radical (unpaired) electrons. The zero-order valence-corrected chi connectivity index (χ0v) is 15.0. The van der Waals surface area contributed by atoms with Gasteiger partial charge < -0.3 is 10.6 Å². The topological polar surface area (TPSA) is 84.0 Å². The summed E-state index contributed by atoms with van der Waals surface area (Å²) in [6.07, 6.45) is 12.9. The minimum atomic E-state index is -0.0441.